The van der Waals surface area contributed by atoms with Gasteiger partial charge in [-0.3, -0.25) is 0 Å². The number of anilines is 1. The molecule has 0 bridgehead atoms. The second-order valence-corrected chi connectivity index (χ2v) is 5.90. The van der Waals surface area contributed by atoms with Gasteiger partial charge in [0, 0.05) is 30.3 Å². The van der Waals surface area contributed by atoms with Gasteiger partial charge in [0.1, 0.15) is 0 Å². The van der Waals surface area contributed by atoms with Gasteiger partial charge in [-0.2, -0.15) is 0 Å². The molecule has 2 aromatic rings. The van der Waals surface area contributed by atoms with Gasteiger partial charge in [-0.25, -0.2) is 0 Å². The number of nitrogens with two attached hydrogens (primary N) is 1. The fourth-order valence-corrected chi connectivity index (χ4v) is 3.45. The molecule has 0 unspecified atom stereocenters. The minimum Gasteiger partial charge on any atom is -0.365 e. The lowest BCUT2D eigenvalue weighted by Gasteiger charge is -2.31. The molecule has 1 heterocycles. The molecule has 3 heteroatoms. The van der Waals surface area contributed by atoms with E-state index in [0.717, 1.165) is 18.8 Å². The van der Waals surface area contributed by atoms with Crippen LogP contribution in [0.3, 0.4) is 0 Å². The molecule has 2 N–H and O–H groups in total. The van der Waals surface area contributed by atoms with Crippen molar-refractivity contribution in [1.29, 1.82) is 0 Å². The number of hydrogen-bond acceptors (Lipinski definition) is 3. The van der Waals surface area contributed by atoms with Crippen molar-refractivity contribution >= 4 is 17.4 Å². The van der Waals surface area contributed by atoms with Crippen molar-refractivity contribution in [1.82, 2.24) is 0 Å². The second-order valence-electron chi connectivity index (χ2n) is 4.76. The highest BCUT2D eigenvalue weighted by molar-refractivity contribution is 7.99. The lowest BCUT2D eigenvalue weighted by molar-refractivity contribution is 0.815. The molecule has 0 spiro atoms. The molecule has 0 saturated heterocycles. The van der Waals surface area contributed by atoms with Gasteiger partial charge in [-0.1, -0.05) is 36.4 Å². The van der Waals surface area contributed by atoms with Crippen LogP contribution in [0.15, 0.2) is 53.4 Å². The third-order valence-corrected chi connectivity index (χ3v) is 4.48. The Morgan fingerprint density at radius 1 is 1.05 bits per heavy atom. The maximum absolute atomic E-state index is 5.76. The van der Waals surface area contributed by atoms with E-state index in [1.165, 1.54) is 21.7 Å². The quantitative estimate of drug-likeness (QED) is 0.928. The normalized spacial score (nSPS) is 14.3. The Bertz CT molecular complexity index is 554. The number of thioether (sulfide) groups is 1. The summed E-state index contributed by atoms with van der Waals surface area (Å²) in [5.74, 6) is 1.15. The van der Waals surface area contributed by atoms with Crippen LogP contribution in [-0.2, 0) is 13.1 Å². The van der Waals surface area contributed by atoms with Gasteiger partial charge in [-0.15, -0.1) is 11.8 Å². The molecule has 19 heavy (non-hydrogen) atoms. The van der Waals surface area contributed by atoms with E-state index in [4.69, 9.17) is 5.73 Å². The fourth-order valence-electron chi connectivity index (χ4n) is 2.41. The summed E-state index contributed by atoms with van der Waals surface area (Å²) >= 11 is 1.94. The van der Waals surface area contributed by atoms with Crippen molar-refractivity contribution in [3.63, 3.8) is 0 Å². The van der Waals surface area contributed by atoms with E-state index >= 15 is 0 Å². The van der Waals surface area contributed by atoms with Crippen molar-refractivity contribution in [3.05, 3.63) is 59.7 Å². The smallest absolute Gasteiger partial charge is 0.0510 e. The predicted molar refractivity (Wildman–Crippen MR) is 82.5 cm³/mol. The minimum atomic E-state index is 0.608. The Labute approximate surface area is 118 Å². The van der Waals surface area contributed by atoms with E-state index in [0.29, 0.717) is 6.54 Å². The molecule has 0 fully saturated rings. The standard InChI is InChI=1S/C16H18N2S/c17-11-14-6-7-16-15(10-14)18(8-9-19-16)12-13-4-2-1-3-5-13/h1-7,10H,8-9,11-12,17H2. The predicted octanol–water partition coefficient (Wildman–Crippen LogP) is 3.26. The summed E-state index contributed by atoms with van der Waals surface area (Å²) in [6.45, 7) is 2.68. The van der Waals surface area contributed by atoms with Gasteiger partial charge in [-0.05, 0) is 23.3 Å². The van der Waals surface area contributed by atoms with Crippen LogP contribution < -0.4 is 10.6 Å². The van der Waals surface area contributed by atoms with Crippen LogP contribution in [0.5, 0.6) is 0 Å². The molecule has 0 amide bonds. The highest BCUT2D eigenvalue weighted by Crippen LogP contribution is 2.36. The lowest BCUT2D eigenvalue weighted by Crippen LogP contribution is -2.28. The Morgan fingerprint density at radius 2 is 1.89 bits per heavy atom. The average Bonchev–Trinajstić information content (AvgIpc) is 2.48. The van der Waals surface area contributed by atoms with Crippen LogP contribution in [0, 0.1) is 0 Å². The minimum absolute atomic E-state index is 0.608. The van der Waals surface area contributed by atoms with Crippen LogP contribution >= 0.6 is 11.8 Å². The number of rotatable bonds is 3. The van der Waals surface area contributed by atoms with Crippen molar-refractivity contribution in [3.8, 4) is 0 Å². The molecule has 2 aromatic carbocycles. The molecule has 0 atom stereocenters. The molecule has 3 rings (SSSR count). The molecule has 0 aliphatic carbocycles. The molecular weight excluding hydrogens is 252 g/mol. The first-order valence-electron chi connectivity index (χ1n) is 6.61. The average molecular weight is 270 g/mol. The number of hydrogen-bond donors (Lipinski definition) is 1. The highest BCUT2D eigenvalue weighted by Gasteiger charge is 2.17. The van der Waals surface area contributed by atoms with Gasteiger partial charge in [0.15, 0.2) is 0 Å². The van der Waals surface area contributed by atoms with Crippen LogP contribution in [0.25, 0.3) is 0 Å². The van der Waals surface area contributed by atoms with Crippen molar-refractivity contribution < 1.29 is 0 Å². The Hall–Kier alpha value is -1.45. The summed E-state index contributed by atoms with van der Waals surface area (Å²) in [6, 6.07) is 17.2. The maximum atomic E-state index is 5.76. The lowest BCUT2D eigenvalue weighted by atomic mass is 10.1. The van der Waals surface area contributed by atoms with Crippen LogP contribution in [0.1, 0.15) is 11.1 Å². The van der Waals surface area contributed by atoms with E-state index in [1.54, 1.807) is 0 Å². The molecular formula is C16H18N2S. The number of nitrogens with zero attached hydrogens (tertiary/aromatic N) is 1. The van der Waals surface area contributed by atoms with Gasteiger partial charge in [0.2, 0.25) is 0 Å². The van der Waals surface area contributed by atoms with Crippen molar-refractivity contribution in [2.24, 2.45) is 5.73 Å². The van der Waals surface area contributed by atoms with Crippen molar-refractivity contribution in [2.45, 2.75) is 18.0 Å². The zero-order chi connectivity index (χ0) is 13.1. The third kappa shape index (κ3) is 2.77. The molecule has 0 aromatic heterocycles. The van der Waals surface area contributed by atoms with E-state index < -0.39 is 0 Å². The molecule has 1 aliphatic rings. The van der Waals surface area contributed by atoms with Crippen molar-refractivity contribution in [2.75, 3.05) is 17.2 Å². The number of benzene rings is 2. The topological polar surface area (TPSA) is 29.3 Å². The molecule has 0 radical (unpaired) electrons. The summed E-state index contributed by atoms with van der Waals surface area (Å²) in [4.78, 5) is 3.83. The third-order valence-electron chi connectivity index (χ3n) is 3.43. The Balaban J connectivity index is 1.89. The molecule has 98 valence electrons. The van der Waals surface area contributed by atoms with Gasteiger partial charge in [0.05, 0.1) is 5.69 Å². The van der Waals surface area contributed by atoms with E-state index in [-0.39, 0.29) is 0 Å². The van der Waals surface area contributed by atoms with Crippen LogP contribution in [-0.4, -0.2) is 12.3 Å². The summed E-state index contributed by atoms with van der Waals surface area (Å²) in [5, 5.41) is 0. The monoisotopic (exact) mass is 270 g/mol. The zero-order valence-electron chi connectivity index (χ0n) is 10.9. The largest absolute Gasteiger partial charge is 0.365 e. The second kappa shape index (κ2) is 5.68. The van der Waals surface area contributed by atoms with Crippen LogP contribution in [0.4, 0.5) is 5.69 Å². The molecule has 0 saturated carbocycles. The summed E-state index contributed by atoms with van der Waals surface area (Å²) in [7, 11) is 0. The van der Waals surface area contributed by atoms with Gasteiger partial charge >= 0.3 is 0 Å². The van der Waals surface area contributed by atoms with E-state index in [9.17, 15) is 0 Å². The molecule has 2 nitrogen and oxygen atoms in total. The van der Waals surface area contributed by atoms with E-state index in [1.807, 2.05) is 11.8 Å². The molecule has 1 aliphatic heterocycles. The maximum Gasteiger partial charge on any atom is 0.0510 e. The van der Waals surface area contributed by atoms with Gasteiger partial charge < -0.3 is 10.6 Å². The van der Waals surface area contributed by atoms with Crippen LogP contribution in [0.2, 0.25) is 0 Å². The first-order valence-corrected chi connectivity index (χ1v) is 7.60. The first kappa shape index (κ1) is 12.6. The summed E-state index contributed by atoms with van der Waals surface area (Å²) in [6.07, 6.45) is 0. The first-order chi connectivity index (χ1) is 9.36. The fraction of sp³-hybridized carbons (Fsp3) is 0.250. The SMILES string of the molecule is NCc1ccc2c(c1)N(Cc1ccccc1)CCS2. The Kier molecular flexibility index (Phi) is 3.76. The zero-order valence-corrected chi connectivity index (χ0v) is 11.7. The summed E-state index contributed by atoms with van der Waals surface area (Å²) in [5.41, 5.74) is 9.66. The van der Waals surface area contributed by atoms with Gasteiger partial charge in [0.25, 0.3) is 0 Å². The summed E-state index contributed by atoms with van der Waals surface area (Å²) < 4.78 is 0. The van der Waals surface area contributed by atoms with E-state index in [2.05, 4.69) is 53.4 Å². The highest BCUT2D eigenvalue weighted by atomic mass is 32.2. The number of fused-ring (bicyclic) bond motifs is 1. The Morgan fingerprint density at radius 3 is 2.68 bits per heavy atom.